The van der Waals surface area contributed by atoms with Gasteiger partial charge in [-0.3, -0.25) is 4.79 Å². The summed E-state index contributed by atoms with van der Waals surface area (Å²) in [6.45, 7) is 4.62. The zero-order valence-corrected chi connectivity index (χ0v) is 11.4. The van der Waals surface area contributed by atoms with Crippen LogP contribution in [-0.2, 0) is 11.2 Å². The number of nitrogens with zero attached hydrogens (tertiary/aromatic N) is 2. The van der Waals surface area contributed by atoms with E-state index in [-0.39, 0.29) is 18.1 Å². The van der Waals surface area contributed by atoms with Gasteiger partial charge in [0, 0.05) is 31.0 Å². The van der Waals surface area contributed by atoms with Crippen molar-refractivity contribution in [3.8, 4) is 0 Å². The maximum atomic E-state index is 12.2. The summed E-state index contributed by atoms with van der Waals surface area (Å²) in [6.07, 6.45) is 4.34. The molecule has 0 aliphatic heterocycles. The molecule has 1 N–H and O–H groups in total. The van der Waals surface area contributed by atoms with Gasteiger partial charge in [0.25, 0.3) is 0 Å². The topological polar surface area (TPSA) is 45.5 Å². The molecule has 1 aliphatic rings. The number of amides is 1. The average Bonchev–Trinajstić information content (AvgIpc) is 2.81. The van der Waals surface area contributed by atoms with Crippen LogP contribution in [0.3, 0.4) is 0 Å². The molecule has 1 aromatic heterocycles. The third-order valence-electron chi connectivity index (χ3n) is 3.93. The summed E-state index contributed by atoms with van der Waals surface area (Å²) in [5.41, 5.74) is 2.12. The fourth-order valence-corrected chi connectivity index (χ4v) is 2.65. The van der Waals surface area contributed by atoms with Crippen LogP contribution in [0.1, 0.15) is 50.1 Å². The summed E-state index contributed by atoms with van der Waals surface area (Å²) >= 11 is 0. The largest absolute Gasteiger partial charge is 0.388 e. The molecule has 0 spiro atoms. The number of hydrogen-bond donors (Lipinski definition) is 1. The molecule has 0 saturated carbocycles. The lowest BCUT2D eigenvalue weighted by Gasteiger charge is -2.25. The number of likely N-dealkylation sites (N-methyl/N-ethyl adjacent to an activating group) is 1. The van der Waals surface area contributed by atoms with Gasteiger partial charge < -0.3 is 14.6 Å². The van der Waals surface area contributed by atoms with Gasteiger partial charge in [0.15, 0.2) is 0 Å². The van der Waals surface area contributed by atoms with E-state index >= 15 is 0 Å². The van der Waals surface area contributed by atoms with E-state index in [1.807, 2.05) is 37.7 Å². The molecule has 2 unspecified atom stereocenters. The molecule has 1 heterocycles. The van der Waals surface area contributed by atoms with Crippen molar-refractivity contribution in [1.29, 1.82) is 0 Å². The molecule has 1 amide bonds. The van der Waals surface area contributed by atoms with Gasteiger partial charge >= 0.3 is 0 Å². The Kier molecular flexibility index (Phi) is 3.76. The summed E-state index contributed by atoms with van der Waals surface area (Å²) in [7, 11) is 1.82. The highest BCUT2D eigenvalue weighted by Gasteiger charge is 2.26. The van der Waals surface area contributed by atoms with Gasteiger partial charge in [-0.15, -0.1) is 0 Å². The molecule has 0 bridgehead atoms. The lowest BCUT2D eigenvalue weighted by Crippen LogP contribution is -2.33. The van der Waals surface area contributed by atoms with Crippen LogP contribution in [0.25, 0.3) is 0 Å². The molecule has 0 aromatic carbocycles. The van der Waals surface area contributed by atoms with Crippen molar-refractivity contribution >= 4 is 5.91 Å². The van der Waals surface area contributed by atoms with Crippen LogP contribution in [0.5, 0.6) is 0 Å². The number of aromatic nitrogens is 1. The first-order chi connectivity index (χ1) is 8.56. The number of carbonyl (C=O) groups excluding carboxylic acids is 1. The lowest BCUT2D eigenvalue weighted by atomic mass is 9.95. The molecule has 4 heteroatoms. The van der Waals surface area contributed by atoms with Gasteiger partial charge in [-0.1, -0.05) is 0 Å². The van der Waals surface area contributed by atoms with E-state index < -0.39 is 0 Å². The summed E-state index contributed by atoms with van der Waals surface area (Å²) in [5, 5.41) is 9.94. The van der Waals surface area contributed by atoms with Crippen molar-refractivity contribution in [2.45, 2.75) is 45.3 Å². The molecule has 0 fully saturated rings. The highest BCUT2D eigenvalue weighted by molar-refractivity contribution is 5.80. The Hall–Kier alpha value is -1.29. The predicted molar refractivity (Wildman–Crippen MR) is 70.4 cm³/mol. The molecular formula is C14H22N2O2. The number of carbonyl (C=O) groups is 1. The molecule has 2 rings (SSSR count). The number of rotatable bonds is 3. The maximum Gasteiger partial charge on any atom is 0.245 e. The minimum absolute atomic E-state index is 0.121. The van der Waals surface area contributed by atoms with Gasteiger partial charge in [-0.25, -0.2) is 0 Å². The van der Waals surface area contributed by atoms with E-state index in [0.717, 1.165) is 37.1 Å². The monoisotopic (exact) mass is 250 g/mol. The van der Waals surface area contributed by atoms with Crippen LogP contribution in [0.15, 0.2) is 12.3 Å². The van der Waals surface area contributed by atoms with Crippen molar-refractivity contribution in [1.82, 2.24) is 9.47 Å². The molecule has 1 aliphatic carbocycles. The third kappa shape index (κ3) is 2.17. The Balaban J connectivity index is 2.26. The van der Waals surface area contributed by atoms with Gasteiger partial charge in [0.2, 0.25) is 5.91 Å². The van der Waals surface area contributed by atoms with E-state index in [9.17, 15) is 9.90 Å². The van der Waals surface area contributed by atoms with E-state index in [1.54, 1.807) is 4.90 Å². The molecule has 2 atom stereocenters. The fourth-order valence-electron chi connectivity index (χ4n) is 2.65. The van der Waals surface area contributed by atoms with Gasteiger partial charge in [0.05, 0.1) is 6.10 Å². The summed E-state index contributed by atoms with van der Waals surface area (Å²) in [6, 6.07) is 1.76. The minimum atomic E-state index is -0.360. The summed E-state index contributed by atoms with van der Waals surface area (Å²) in [4.78, 5) is 13.9. The Labute approximate surface area is 108 Å². The van der Waals surface area contributed by atoms with Crippen LogP contribution in [0.4, 0.5) is 0 Å². The molecule has 1 aromatic rings. The van der Waals surface area contributed by atoms with Crippen LogP contribution in [0.2, 0.25) is 0 Å². The van der Waals surface area contributed by atoms with Gasteiger partial charge in [-0.05, 0) is 39.2 Å². The minimum Gasteiger partial charge on any atom is -0.388 e. The highest BCUT2D eigenvalue weighted by atomic mass is 16.3. The van der Waals surface area contributed by atoms with Crippen molar-refractivity contribution in [2.24, 2.45) is 0 Å². The second-order valence-electron chi connectivity index (χ2n) is 5.06. The SMILES string of the molecule is CCN(C)C(=O)C(C)n1ccc2c1CCCC2O. The van der Waals surface area contributed by atoms with E-state index in [1.165, 1.54) is 0 Å². The molecule has 18 heavy (non-hydrogen) atoms. The standard InChI is InChI=1S/C14H22N2O2/c1-4-15(3)14(18)10(2)16-9-8-11-12(16)6-5-7-13(11)17/h8-10,13,17H,4-7H2,1-3H3. The molecule has 100 valence electrons. The van der Waals surface area contributed by atoms with E-state index in [0.29, 0.717) is 0 Å². The van der Waals surface area contributed by atoms with Crippen LogP contribution in [-0.4, -0.2) is 34.1 Å². The van der Waals surface area contributed by atoms with Crippen LogP contribution < -0.4 is 0 Å². The number of aliphatic hydroxyl groups is 1. The molecule has 0 saturated heterocycles. The third-order valence-corrected chi connectivity index (χ3v) is 3.93. The van der Waals surface area contributed by atoms with E-state index in [2.05, 4.69) is 0 Å². The quantitative estimate of drug-likeness (QED) is 0.890. The number of hydrogen-bond acceptors (Lipinski definition) is 2. The fraction of sp³-hybridized carbons (Fsp3) is 0.643. The maximum absolute atomic E-state index is 12.2. The highest BCUT2D eigenvalue weighted by Crippen LogP contribution is 2.32. The Bertz CT molecular complexity index is 439. The van der Waals surface area contributed by atoms with Crippen LogP contribution in [0, 0.1) is 0 Å². The van der Waals surface area contributed by atoms with Gasteiger partial charge in [0.1, 0.15) is 6.04 Å². The first-order valence-corrected chi connectivity index (χ1v) is 6.68. The first-order valence-electron chi connectivity index (χ1n) is 6.68. The van der Waals surface area contributed by atoms with Gasteiger partial charge in [-0.2, -0.15) is 0 Å². The zero-order chi connectivity index (χ0) is 13.3. The summed E-state index contributed by atoms with van der Waals surface area (Å²) < 4.78 is 2.02. The first kappa shape index (κ1) is 13.1. The van der Waals surface area contributed by atoms with Crippen molar-refractivity contribution in [2.75, 3.05) is 13.6 Å². The Morgan fingerprint density at radius 3 is 3.06 bits per heavy atom. The molecular weight excluding hydrogens is 228 g/mol. The number of aliphatic hydroxyl groups excluding tert-OH is 1. The van der Waals surface area contributed by atoms with Crippen LogP contribution >= 0.6 is 0 Å². The number of fused-ring (bicyclic) bond motifs is 1. The van der Waals surface area contributed by atoms with Crippen molar-refractivity contribution in [3.63, 3.8) is 0 Å². The van der Waals surface area contributed by atoms with Crippen molar-refractivity contribution in [3.05, 3.63) is 23.5 Å². The molecule has 0 radical (unpaired) electrons. The smallest absolute Gasteiger partial charge is 0.245 e. The Morgan fingerprint density at radius 2 is 2.39 bits per heavy atom. The second-order valence-corrected chi connectivity index (χ2v) is 5.06. The van der Waals surface area contributed by atoms with Crippen molar-refractivity contribution < 1.29 is 9.90 Å². The lowest BCUT2D eigenvalue weighted by molar-refractivity contribution is -0.132. The summed E-state index contributed by atoms with van der Waals surface area (Å²) in [5.74, 6) is 0.121. The Morgan fingerprint density at radius 1 is 1.67 bits per heavy atom. The average molecular weight is 250 g/mol. The zero-order valence-electron chi connectivity index (χ0n) is 11.4. The normalized spacial score (nSPS) is 20.3. The van der Waals surface area contributed by atoms with E-state index in [4.69, 9.17) is 0 Å². The molecule has 4 nitrogen and oxygen atoms in total. The predicted octanol–water partition coefficient (Wildman–Crippen LogP) is 1.90. The second kappa shape index (κ2) is 5.14.